The smallest absolute Gasteiger partial charge is 0.135 e. The minimum absolute atomic E-state index is 0.427. The zero-order valence-electron chi connectivity index (χ0n) is 10.9. The fourth-order valence-electron chi connectivity index (χ4n) is 1.98. The minimum atomic E-state index is 0.427. The lowest BCUT2D eigenvalue weighted by Crippen LogP contribution is -2.12. The lowest BCUT2D eigenvalue weighted by atomic mass is 10.1. The van der Waals surface area contributed by atoms with E-state index in [4.69, 9.17) is 0 Å². The Hall–Kier alpha value is -1.77. The fourth-order valence-corrected chi connectivity index (χ4v) is 1.98. The number of anilines is 2. The number of hydrogen-bond donors (Lipinski definition) is 1. The second-order valence-electron chi connectivity index (χ2n) is 4.73. The first-order valence-electron chi connectivity index (χ1n) is 5.91. The summed E-state index contributed by atoms with van der Waals surface area (Å²) in [7, 11) is 4.04. The van der Waals surface area contributed by atoms with Crippen LogP contribution in [0.2, 0.25) is 0 Å². The number of aromatic nitrogens is 1. The van der Waals surface area contributed by atoms with Crippen molar-refractivity contribution in [3.05, 3.63) is 30.5 Å². The van der Waals surface area contributed by atoms with Gasteiger partial charge in [-0.15, -0.1) is 0 Å². The van der Waals surface area contributed by atoms with Crippen molar-refractivity contribution in [2.24, 2.45) is 0 Å². The molecule has 2 rings (SSSR count). The van der Waals surface area contributed by atoms with Gasteiger partial charge in [0.05, 0.1) is 0 Å². The van der Waals surface area contributed by atoms with E-state index in [2.05, 4.69) is 48.4 Å². The highest BCUT2D eigenvalue weighted by Crippen LogP contribution is 2.29. The van der Waals surface area contributed by atoms with Crippen molar-refractivity contribution in [2.45, 2.75) is 19.9 Å². The van der Waals surface area contributed by atoms with Crippen LogP contribution in [0.4, 0.5) is 11.5 Å². The van der Waals surface area contributed by atoms with Gasteiger partial charge in [-0.3, -0.25) is 0 Å². The summed E-state index contributed by atoms with van der Waals surface area (Å²) in [6.07, 6.45) is 1.86. The number of benzene rings is 1. The van der Waals surface area contributed by atoms with Crippen LogP contribution in [0.3, 0.4) is 0 Å². The monoisotopic (exact) mass is 229 g/mol. The van der Waals surface area contributed by atoms with Gasteiger partial charge < -0.3 is 10.2 Å². The summed E-state index contributed by atoms with van der Waals surface area (Å²) in [5.74, 6) is 1.01. The molecule has 0 saturated carbocycles. The Bertz CT molecular complexity index is 518. The summed E-state index contributed by atoms with van der Waals surface area (Å²) in [5.41, 5.74) is 1.17. The molecule has 1 aromatic carbocycles. The number of pyridine rings is 1. The van der Waals surface area contributed by atoms with E-state index in [1.807, 2.05) is 25.2 Å². The van der Waals surface area contributed by atoms with Crippen molar-refractivity contribution in [2.75, 3.05) is 24.3 Å². The molecule has 0 fully saturated rings. The van der Waals surface area contributed by atoms with Gasteiger partial charge in [0, 0.05) is 42.8 Å². The number of nitrogens with one attached hydrogen (secondary N) is 1. The molecule has 1 N–H and O–H groups in total. The van der Waals surface area contributed by atoms with Gasteiger partial charge in [-0.2, -0.15) is 0 Å². The van der Waals surface area contributed by atoms with Gasteiger partial charge >= 0.3 is 0 Å². The summed E-state index contributed by atoms with van der Waals surface area (Å²) >= 11 is 0. The molecule has 1 aromatic heterocycles. The minimum Gasteiger partial charge on any atom is -0.382 e. The second-order valence-corrected chi connectivity index (χ2v) is 4.73. The van der Waals surface area contributed by atoms with Crippen LogP contribution in [0.25, 0.3) is 10.8 Å². The Morgan fingerprint density at radius 1 is 1.12 bits per heavy atom. The van der Waals surface area contributed by atoms with Crippen molar-refractivity contribution in [1.82, 2.24) is 4.98 Å². The van der Waals surface area contributed by atoms with Crippen LogP contribution >= 0.6 is 0 Å². The Labute approximate surface area is 102 Å². The van der Waals surface area contributed by atoms with E-state index in [9.17, 15) is 0 Å². The summed E-state index contributed by atoms with van der Waals surface area (Å²) in [4.78, 5) is 6.47. The average Bonchev–Trinajstić information content (AvgIpc) is 2.28. The first kappa shape index (κ1) is 11.7. The number of rotatable bonds is 3. The summed E-state index contributed by atoms with van der Waals surface area (Å²) < 4.78 is 0. The molecule has 0 atom stereocenters. The molecule has 0 bridgehead atoms. The predicted octanol–water partition coefficient (Wildman–Crippen LogP) is 3.12. The van der Waals surface area contributed by atoms with Gasteiger partial charge in [-0.25, -0.2) is 4.98 Å². The van der Waals surface area contributed by atoms with Crippen molar-refractivity contribution in [3.8, 4) is 0 Å². The normalized spacial score (nSPS) is 10.9. The molecule has 0 aliphatic carbocycles. The quantitative estimate of drug-likeness (QED) is 0.876. The maximum Gasteiger partial charge on any atom is 0.135 e. The van der Waals surface area contributed by atoms with Gasteiger partial charge in [0.15, 0.2) is 0 Å². The van der Waals surface area contributed by atoms with Crippen LogP contribution in [-0.2, 0) is 0 Å². The maximum absolute atomic E-state index is 4.42. The standard InChI is InChI=1S/C14H19N3/c1-10(2)16-13-7-5-6-12-11(13)8-9-15-14(12)17(3)4/h5-10,16H,1-4H3. The van der Waals surface area contributed by atoms with Crippen LogP contribution in [0.15, 0.2) is 30.5 Å². The molecule has 0 aliphatic heterocycles. The van der Waals surface area contributed by atoms with E-state index < -0.39 is 0 Å². The lowest BCUT2D eigenvalue weighted by molar-refractivity contribution is 0.902. The third-order valence-electron chi connectivity index (χ3n) is 2.65. The van der Waals surface area contributed by atoms with Crippen LogP contribution in [0.1, 0.15) is 13.8 Å². The van der Waals surface area contributed by atoms with Gasteiger partial charge in [0.2, 0.25) is 0 Å². The molecular weight excluding hydrogens is 210 g/mol. The van der Waals surface area contributed by atoms with E-state index in [0.717, 1.165) is 5.82 Å². The van der Waals surface area contributed by atoms with Crippen molar-refractivity contribution in [3.63, 3.8) is 0 Å². The highest BCUT2D eigenvalue weighted by molar-refractivity contribution is 6.00. The fraction of sp³-hybridized carbons (Fsp3) is 0.357. The van der Waals surface area contributed by atoms with E-state index in [0.29, 0.717) is 6.04 Å². The van der Waals surface area contributed by atoms with E-state index in [1.54, 1.807) is 0 Å². The lowest BCUT2D eigenvalue weighted by Gasteiger charge is -2.17. The molecule has 0 spiro atoms. The van der Waals surface area contributed by atoms with Crippen LogP contribution in [0, 0.1) is 0 Å². The SMILES string of the molecule is CC(C)Nc1cccc2c(N(C)C)nccc12. The molecule has 0 radical (unpaired) electrons. The van der Waals surface area contributed by atoms with E-state index in [-0.39, 0.29) is 0 Å². The van der Waals surface area contributed by atoms with Crippen LogP contribution in [-0.4, -0.2) is 25.1 Å². The average molecular weight is 229 g/mol. The third kappa shape index (κ3) is 2.33. The third-order valence-corrected chi connectivity index (χ3v) is 2.65. The molecule has 0 unspecified atom stereocenters. The Kier molecular flexibility index (Phi) is 3.18. The first-order valence-corrected chi connectivity index (χ1v) is 5.91. The predicted molar refractivity (Wildman–Crippen MR) is 74.8 cm³/mol. The van der Waals surface area contributed by atoms with Crippen molar-refractivity contribution >= 4 is 22.3 Å². The molecule has 0 amide bonds. The molecule has 90 valence electrons. The summed E-state index contributed by atoms with van der Waals surface area (Å²) in [5, 5.41) is 5.87. The molecule has 3 heteroatoms. The molecular formula is C14H19N3. The molecule has 17 heavy (non-hydrogen) atoms. The van der Waals surface area contributed by atoms with Gasteiger partial charge in [0.25, 0.3) is 0 Å². The van der Waals surface area contributed by atoms with Crippen molar-refractivity contribution in [1.29, 1.82) is 0 Å². The van der Waals surface area contributed by atoms with Gasteiger partial charge in [0.1, 0.15) is 5.82 Å². The summed E-state index contributed by atoms with van der Waals surface area (Å²) in [6, 6.07) is 8.79. The number of nitrogens with zero attached hydrogens (tertiary/aromatic N) is 2. The second kappa shape index (κ2) is 4.62. The number of fused-ring (bicyclic) bond motifs is 1. The first-order chi connectivity index (χ1) is 8.09. The Morgan fingerprint density at radius 3 is 2.53 bits per heavy atom. The van der Waals surface area contributed by atoms with Crippen molar-refractivity contribution < 1.29 is 0 Å². The Balaban J connectivity index is 2.61. The zero-order chi connectivity index (χ0) is 12.4. The summed E-state index contributed by atoms with van der Waals surface area (Å²) in [6.45, 7) is 4.29. The van der Waals surface area contributed by atoms with E-state index in [1.165, 1.54) is 16.5 Å². The van der Waals surface area contributed by atoms with Gasteiger partial charge in [-0.05, 0) is 26.0 Å². The topological polar surface area (TPSA) is 28.2 Å². The highest BCUT2D eigenvalue weighted by Gasteiger charge is 2.07. The molecule has 1 heterocycles. The molecule has 3 nitrogen and oxygen atoms in total. The molecule has 2 aromatic rings. The largest absolute Gasteiger partial charge is 0.382 e. The number of hydrogen-bond acceptors (Lipinski definition) is 3. The van der Waals surface area contributed by atoms with Gasteiger partial charge in [-0.1, -0.05) is 12.1 Å². The molecule has 0 aliphatic rings. The molecule has 0 saturated heterocycles. The zero-order valence-corrected chi connectivity index (χ0v) is 10.9. The van der Waals surface area contributed by atoms with Crippen LogP contribution < -0.4 is 10.2 Å². The van der Waals surface area contributed by atoms with E-state index >= 15 is 0 Å². The Morgan fingerprint density at radius 2 is 1.88 bits per heavy atom. The van der Waals surface area contributed by atoms with Crippen LogP contribution in [0.5, 0.6) is 0 Å². The highest BCUT2D eigenvalue weighted by atomic mass is 15.1. The maximum atomic E-state index is 4.42.